The maximum Gasteiger partial charge on any atom is 0.239 e. The summed E-state index contributed by atoms with van der Waals surface area (Å²) < 4.78 is 5.88. The zero-order chi connectivity index (χ0) is 17.4. The van der Waals surface area contributed by atoms with Gasteiger partial charge in [0.15, 0.2) is 0 Å². The first-order valence-corrected chi connectivity index (χ1v) is 8.02. The highest BCUT2D eigenvalue weighted by Crippen LogP contribution is 2.42. The lowest BCUT2D eigenvalue weighted by molar-refractivity contribution is -0.118. The van der Waals surface area contributed by atoms with Crippen molar-refractivity contribution < 1.29 is 9.53 Å². The Morgan fingerprint density at radius 3 is 3.08 bits per heavy atom. The summed E-state index contributed by atoms with van der Waals surface area (Å²) in [6.45, 7) is 2.95. The van der Waals surface area contributed by atoms with Crippen LogP contribution in [0.2, 0.25) is 0 Å². The molecular formula is C17H18N6O2. The number of nitrogens with one attached hydrogen (secondary N) is 3. The molecule has 0 unspecified atom stereocenters. The molecule has 0 fully saturated rings. The Bertz CT molecular complexity index is 937. The van der Waals surface area contributed by atoms with Crippen molar-refractivity contribution in [1.29, 1.82) is 0 Å². The largest absolute Gasteiger partial charge is 0.491 e. The van der Waals surface area contributed by atoms with Crippen molar-refractivity contribution in [3.05, 3.63) is 30.7 Å². The number of nitrogens with two attached hydrogens (primary N) is 1. The second kappa shape index (κ2) is 5.97. The maximum absolute atomic E-state index is 11.3. The van der Waals surface area contributed by atoms with Gasteiger partial charge in [-0.25, -0.2) is 9.97 Å². The minimum absolute atomic E-state index is 0.414. The Morgan fingerprint density at radius 1 is 1.44 bits per heavy atom. The predicted octanol–water partition coefficient (Wildman–Crippen LogP) is 1.71. The van der Waals surface area contributed by atoms with Crippen LogP contribution in [0.15, 0.2) is 30.7 Å². The topological polar surface area (TPSA) is 118 Å². The fraction of sp³-hybridized carbons (Fsp3) is 0.235. The van der Waals surface area contributed by atoms with Gasteiger partial charge in [0.05, 0.1) is 28.0 Å². The van der Waals surface area contributed by atoms with Crippen molar-refractivity contribution in [2.75, 3.05) is 23.8 Å². The fourth-order valence-electron chi connectivity index (χ4n) is 2.96. The molecule has 128 valence electrons. The molecule has 5 N–H and O–H groups in total. The van der Waals surface area contributed by atoms with Crippen LogP contribution in [0.4, 0.5) is 11.4 Å². The number of benzene rings is 1. The van der Waals surface area contributed by atoms with E-state index < -0.39 is 11.9 Å². The van der Waals surface area contributed by atoms with Crippen molar-refractivity contribution in [1.82, 2.24) is 15.0 Å². The van der Waals surface area contributed by atoms with Crippen LogP contribution < -0.4 is 21.1 Å². The quantitative estimate of drug-likeness (QED) is 0.575. The lowest BCUT2D eigenvalue weighted by Gasteiger charge is -2.13. The number of carbonyl (C=O) groups excluding carboxylic acids is 1. The Labute approximate surface area is 143 Å². The Balaban J connectivity index is 1.87. The Morgan fingerprint density at radius 2 is 2.32 bits per heavy atom. The average Bonchev–Trinajstić information content (AvgIpc) is 2.83. The van der Waals surface area contributed by atoms with Gasteiger partial charge in [0.2, 0.25) is 5.91 Å². The minimum Gasteiger partial charge on any atom is -0.491 e. The molecule has 2 aromatic heterocycles. The van der Waals surface area contributed by atoms with Gasteiger partial charge in [0.25, 0.3) is 0 Å². The summed E-state index contributed by atoms with van der Waals surface area (Å²) in [4.78, 5) is 23.0. The molecule has 3 aromatic rings. The number of anilines is 2. The third-order valence-corrected chi connectivity index (χ3v) is 4.17. The molecule has 0 saturated heterocycles. The van der Waals surface area contributed by atoms with Gasteiger partial charge in [-0.1, -0.05) is 0 Å². The molecule has 0 radical (unpaired) electrons. The molecule has 25 heavy (non-hydrogen) atoms. The summed E-state index contributed by atoms with van der Waals surface area (Å²) in [5.74, 6) is 0.329. The summed E-state index contributed by atoms with van der Waals surface area (Å²) in [6.07, 6.45) is 3.22. The summed E-state index contributed by atoms with van der Waals surface area (Å²) in [5, 5.41) is 7.47. The molecular weight excluding hydrogens is 320 g/mol. The molecule has 0 aliphatic carbocycles. The number of carbonyl (C=O) groups is 1. The molecule has 8 nitrogen and oxygen atoms in total. The van der Waals surface area contributed by atoms with Crippen LogP contribution in [0.1, 0.15) is 6.92 Å². The number of aromatic amines is 1. The lowest BCUT2D eigenvalue weighted by Crippen LogP contribution is -2.32. The number of hydrogen-bond acceptors (Lipinski definition) is 6. The highest BCUT2D eigenvalue weighted by atomic mass is 16.5. The van der Waals surface area contributed by atoms with Crippen LogP contribution in [0.5, 0.6) is 5.75 Å². The Kier molecular flexibility index (Phi) is 3.64. The number of hydrogen-bond donors (Lipinski definition) is 4. The van der Waals surface area contributed by atoms with E-state index >= 15 is 0 Å². The maximum atomic E-state index is 11.3. The molecule has 1 aromatic carbocycles. The third kappa shape index (κ3) is 2.71. The molecule has 0 bridgehead atoms. The van der Waals surface area contributed by atoms with E-state index in [2.05, 4.69) is 25.6 Å². The molecule has 4 rings (SSSR count). The van der Waals surface area contributed by atoms with Crippen molar-refractivity contribution in [2.45, 2.75) is 13.0 Å². The van der Waals surface area contributed by atoms with Gasteiger partial charge in [-0.2, -0.15) is 0 Å². The van der Waals surface area contributed by atoms with E-state index in [-0.39, 0.29) is 0 Å². The molecule has 3 heterocycles. The second-order valence-electron chi connectivity index (χ2n) is 5.91. The molecule has 1 atom stereocenters. The van der Waals surface area contributed by atoms with Crippen LogP contribution >= 0.6 is 0 Å². The van der Waals surface area contributed by atoms with Gasteiger partial charge < -0.3 is 26.1 Å². The van der Waals surface area contributed by atoms with E-state index in [1.54, 1.807) is 13.1 Å². The van der Waals surface area contributed by atoms with E-state index in [0.717, 1.165) is 39.4 Å². The normalized spacial score (nSPS) is 14.3. The third-order valence-electron chi connectivity index (χ3n) is 4.17. The number of H-pyrrole nitrogens is 1. The summed E-state index contributed by atoms with van der Waals surface area (Å²) in [6, 6.07) is 5.19. The van der Waals surface area contributed by atoms with E-state index in [4.69, 9.17) is 10.5 Å². The number of rotatable bonds is 4. The van der Waals surface area contributed by atoms with E-state index in [0.29, 0.717) is 13.2 Å². The smallest absolute Gasteiger partial charge is 0.239 e. The van der Waals surface area contributed by atoms with Gasteiger partial charge in [0.1, 0.15) is 24.7 Å². The first-order chi connectivity index (χ1) is 12.1. The van der Waals surface area contributed by atoms with Crippen LogP contribution in [0, 0.1) is 0 Å². The number of amides is 1. The van der Waals surface area contributed by atoms with E-state index in [9.17, 15) is 4.79 Å². The van der Waals surface area contributed by atoms with Crippen LogP contribution in [0.25, 0.3) is 22.3 Å². The molecule has 1 aliphatic heterocycles. The highest BCUT2D eigenvalue weighted by molar-refractivity contribution is 6.06. The van der Waals surface area contributed by atoms with Gasteiger partial charge >= 0.3 is 0 Å². The number of nitrogens with zero attached hydrogens (tertiary/aromatic N) is 2. The summed E-state index contributed by atoms with van der Waals surface area (Å²) in [7, 11) is 0. The summed E-state index contributed by atoms with van der Waals surface area (Å²) in [5.41, 5.74) is 9.61. The zero-order valence-corrected chi connectivity index (χ0v) is 13.7. The molecule has 0 saturated carbocycles. The van der Waals surface area contributed by atoms with E-state index in [1.807, 2.05) is 18.2 Å². The van der Waals surface area contributed by atoms with Crippen molar-refractivity contribution in [2.24, 2.45) is 5.73 Å². The first kappa shape index (κ1) is 15.3. The van der Waals surface area contributed by atoms with Crippen LogP contribution in [-0.2, 0) is 4.79 Å². The van der Waals surface area contributed by atoms with Gasteiger partial charge in [-0.3, -0.25) is 4.79 Å². The second-order valence-corrected chi connectivity index (χ2v) is 5.91. The van der Waals surface area contributed by atoms with Gasteiger partial charge in [-0.15, -0.1) is 0 Å². The number of ether oxygens (including phenoxy) is 1. The fourth-order valence-corrected chi connectivity index (χ4v) is 2.96. The van der Waals surface area contributed by atoms with Crippen molar-refractivity contribution in [3.8, 4) is 17.1 Å². The number of aromatic nitrogens is 3. The van der Waals surface area contributed by atoms with Crippen molar-refractivity contribution in [3.63, 3.8) is 0 Å². The van der Waals surface area contributed by atoms with Crippen LogP contribution in [0.3, 0.4) is 0 Å². The SMILES string of the molecule is C[C@H](Nc1cc2c3c(c(-c4ccncn4)[nH]c3c1)NCCO2)C(N)=O. The highest BCUT2D eigenvalue weighted by Gasteiger charge is 2.21. The van der Waals surface area contributed by atoms with E-state index in [1.165, 1.54) is 6.33 Å². The van der Waals surface area contributed by atoms with Crippen molar-refractivity contribution >= 4 is 28.2 Å². The molecule has 0 spiro atoms. The minimum atomic E-state index is -0.482. The lowest BCUT2D eigenvalue weighted by atomic mass is 10.1. The average molecular weight is 338 g/mol. The number of primary amides is 1. The Hall–Kier alpha value is -3.29. The summed E-state index contributed by atoms with van der Waals surface area (Å²) >= 11 is 0. The molecule has 1 aliphatic rings. The predicted molar refractivity (Wildman–Crippen MR) is 95.6 cm³/mol. The first-order valence-electron chi connectivity index (χ1n) is 8.02. The standard InChI is InChI=1S/C17H18N6O2/c1-9(17(18)24)22-10-6-12-14-13(7-10)25-5-4-20-16(14)15(23-12)11-2-3-19-8-21-11/h2-3,6-9,20,22-23H,4-5H2,1H3,(H2,18,24)/t9-/m0/s1. The zero-order valence-electron chi connectivity index (χ0n) is 13.7. The van der Waals surface area contributed by atoms with Gasteiger partial charge in [-0.05, 0) is 19.1 Å². The molecule has 1 amide bonds. The molecule has 8 heteroatoms. The van der Waals surface area contributed by atoms with Crippen LogP contribution in [-0.4, -0.2) is 40.1 Å². The monoisotopic (exact) mass is 338 g/mol. The van der Waals surface area contributed by atoms with Gasteiger partial charge in [0, 0.05) is 24.5 Å².